The van der Waals surface area contributed by atoms with E-state index in [1.54, 1.807) is 11.9 Å². The first-order valence-electron chi connectivity index (χ1n) is 6.20. The number of carbonyl (C=O) groups is 2. The molecule has 1 atom stereocenters. The zero-order valence-electron chi connectivity index (χ0n) is 11.6. The van der Waals surface area contributed by atoms with Crippen molar-refractivity contribution in [2.45, 2.75) is 37.8 Å². The number of carbonyl (C=O) groups excluding carboxylic acids is 1. The molecule has 0 aromatic rings. The van der Waals surface area contributed by atoms with E-state index >= 15 is 0 Å². The second kappa shape index (κ2) is 5.56. The molecule has 1 rings (SSSR count). The highest BCUT2D eigenvalue weighted by Crippen LogP contribution is 2.36. The van der Waals surface area contributed by atoms with E-state index in [1.807, 2.05) is 14.1 Å². The second-order valence-electron chi connectivity index (χ2n) is 5.34. The number of likely N-dealkylation sites (N-methyl/N-ethyl adjacent to an activating group) is 2. The highest BCUT2D eigenvalue weighted by atomic mass is 16.4. The smallest absolute Gasteiger partial charge is 0.325 e. The van der Waals surface area contributed by atoms with Crippen molar-refractivity contribution in [3.05, 3.63) is 0 Å². The molecule has 1 aliphatic carbocycles. The number of hydrogen-bond acceptors (Lipinski definition) is 3. The molecule has 1 aliphatic rings. The topological polar surface area (TPSA) is 72.9 Å². The normalized spacial score (nSPS) is 18.9. The zero-order chi connectivity index (χ0) is 13.9. The third kappa shape index (κ3) is 3.13. The lowest BCUT2D eigenvalue weighted by atomic mass is 9.75. The summed E-state index contributed by atoms with van der Waals surface area (Å²) in [6.45, 7) is 2.08. The summed E-state index contributed by atoms with van der Waals surface area (Å²) in [6, 6.07) is -1.20. The molecule has 0 bridgehead atoms. The fourth-order valence-electron chi connectivity index (χ4n) is 2.20. The number of carboxylic acids is 1. The van der Waals surface area contributed by atoms with Gasteiger partial charge in [-0.15, -0.1) is 0 Å². The molecular weight excluding hydrogens is 234 g/mol. The van der Waals surface area contributed by atoms with Gasteiger partial charge < -0.3 is 20.2 Å². The van der Waals surface area contributed by atoms with Gasteiger partial charge in [-0.1, -0.05) is 0 Å². The molecule has 6 nitrogen and oxygen atoms in total. The number of rotatable bonds is 5. The maximum atomic E-state index is 11.8. The maximum Gasteiger partial charge on any atom is 0.325 e. The van der Waals surface area contributed by atoms with Gasteiger partial charge in [0.1, 0.15) is 6.04 Å². The Hall–Kier alpha value is -1.30. The first kappa shape index (κ1) is 14.8. The van der Waals surface area contributed by atoms with Gasteiger partial charge in [0, 0.05) is 19.1 Å². The van der Waals surface area contributed by atoms with Crippen LogP contribution in [0.4, 0.5) is 4.79 Å². The molecule has 1 saturated carbocycles. The quantitative estimate of drug-likeness (QED) is 0.756. The van der Waals surface area contributed by atoms with Crippen molar-refractivity contribution in [2.24, 2.45) is 0 Å². The van der Waals surface area contributed by atoms with Gasteiger partial charge in [-0.05, 0) is 40.3 Å². The molecule has 0 aromatic carbocycles. The van der Waals surface area contributed by atoms with Crippen molar-refractivity contribution < 1.29 is 14.7 Å². The molecule has 18 heavy (non-hydrogen) atoms. The van der Waals surface area contributed by atoms with Crippen molar-refractivity contribution in [1.29, 1.82) is 0 Å². The van der Waals surface area contributed by atoms with E-state index in [-0.39, 0.29) is 11.6 Å². The zero-order valence-corrected chi connectivity index (χ0v) is 11.6. The lowest BCUT2D eigenvalue weighted by Gasteiger charge is -2.49. The Morgan fingerprint density at radius 3 is 2.22 bits per heavy atom. The van der Waals surface area contributed by atoms with Crippen LogP contribution in [0.15, 0.2) is 0 Å². The molecule has 104 valence electrons. The largest absolute Gasteiger partial charge is 0.480 e. The van der Waals surface area contributed by atoms with Gasteiger partial charge in [0.25, 0.3) is 0 Å². The van der Waals surface area contributed by atoms with E-state index in [1.165, 1.54) is 13.3 Å². The average Bonchev–Trinajstić information content (AvgIpc) is 2.21. The predicted molar refractivity (Wildman–Crippen MR) is 68.5 cm³/mol. The van der Waals surface area contributed by atoms with Crippen LogP contribution in [-0.4, -0.2) is 66.2 Å². The highest BCUT2D eigenvalue weighted by Gasteiger charge is 2.40. The summed E-state index contributed by atoms with van der Waals surface area (Å²) in [7, 11) is 5.74. The molecular formula is C12H23N3O3. The Morgan fingerprint density at radius 2 is 1.89 bits per heavy atom. The summed E-state index contributed by atoms with van der Waals surface area (Å²) in [5, 5.41) is 11.2. The summed E-state index contributed by atoms with van der Waals surface area (Å²) in [6.07, 6.45) is 3.33. The number of amides is 2. The Labute approximate surface area is 108 Å². The van der Waals surface area contributed by atoms with Gasteiger partial charge in [-0.2, -0.15) is 0 Å². The number of carboxylic acid groups (broad SMARTS) is 1. The van der Waals surface area contributed by atoms with Crippen LogP contribution in [0, 0.1) is 0 Å². The fraction of sp³-hybridized carbons (Fsp3) is 0.833. The molecule has 2 N–H and O–H groups in total. The molecule has 0 aromatic heterocycles. The molecule has 0 radical (unpaired) electrons. The van der Waals surface area contributed by atoms with Gasteiger partial charge in [0.05, 0.1) is 0 Å². The SMILES string of the molecule is C[C@H](NC(=O)N(C)CC1(N(C)C)CCC1)C(=O)O. The van der Waals surface area contributed by atoms with E-state index in [2.05, 4.69) is 10.2 Å². The minimum Gasteiger partial charge on any atom is -0.480 e. The van der Waals surface area contributed by atoms with Crippen LogP contribution >= 0.6 is 0 Å². The lowest BCUT2D eigenvalue weighted by Crippen LogP contribution is -2.59. The van der Waals surface area contributed by atoms with Crippen LogP contribution in [-0.2, 0) is 4.79 Å². The van der Waals surface area contributed by atoms with Gasteiger partial charge in [0.2, 0.25) is 0 Å². The van der Waals surface area contributed by atoms with Gasteiger partial charge >= 0.3 is 12.0 Å². The number of urea groups is 1. The maximum absolute atomic E-state index is 11.8. The standard InChI is InChI=1S/C12H23N3O3/c1-9(10(16)17)13-11(18)15(4)8-12(14(2)3)6-5-7-12/h9H,5-8H2,1-4H3,(H,13,18)(H,16,17)/t9-/m0/s1. The molecule has 0 heterocycles. The van der Waals surface area contributed by atoms with E-state index in [0.29, 0.717) is 6.54 Å². The van der Waals surface area contributed by atoms with Crippen LogP contribution < -0.4 is 5.32 Å². The molecule has 0 spiro atoms. The van der Waals surface area contributed by atoms with Crippen molar-refractivity contribution >= 4 is 12.0 Å². The highest BCUT2D eigenvalue weighted by molar-refractivity contribution is 5.82. The van der Waals surface area contributed by atoms with Crippen LogP contribution in [0.2, 0.25) is 0 Å². The first-order valence-corrected chi connectivity index (χ1v) is 6.20. The van der Waals surface area contributed by atoms with E-state index in [9.17, 15) is 9.59 Å². The molecule has 6 heteroatoms. The number of nitrogens with zero attached hydrogens (tertiary/aromatic N) is 2. The molecule has 0 saturated heterocycles. The number of aliphatic carboxylic acids is 1. The minimum absolute atomic E-state index is 0.0541. The Morgan fingerprint density at radius 1 is 1.33 bits per heavy atom. The number of nitrogens with one attached hydrogen (secondary N) is 1. The molecule has 0 unspecified atom stereocenters. The molecule has 1 fully saturated rings. The van der Waals surface area contributed by atoms with Crippen LogP contribution in [0.25, 0.3) is 0 Å². The predicted octanol–water partition coefficient (Wildman–Crippen LogP) is 0.585. The first-order chi connectivity index (χ1) is 8.28. The Kier molecular flexibility index (Phi) is 4.56. The fourth-order valence-corrected chi connectivity index (χ4v) is 2.20. The van der Waals surface area contributed by atoms with Gasteiger partial charge in [-0.3, -0.25) is 4.79 Å². The lowest BCUT2D eigenvalue weighted by molar-refractivity contribution is -0.138. The summed E-state index contributed by atoms with van der Waals surface area (Å²) in [4.78, 5) is 26.2. The third-order valence-corrected chi connectivity index (χ3v) is 3.82. The third-order valence-electron chi connectivity index (χ3n) is 3.82. The van der Waals surface area contributed by atoms with E-state index < -0.39 is 12.0 Å². The van der Waals surface area contributed by atoms with Crippen molar-refractivity contribution in [1.82, 2.24) is 15.1 Å². The second-order valence-corrected chi connectivity index (χ2v) is 5.34. The summed E-state index contributed by atoms with van der Waals surface area (Å²) in [5.41, 5.74) is 0.0541. The van der Waals surface area contributed by atoms with E-state index in [4.69, 9.17) is 5.11 Å². The monoisotopic (exact) mass is 257 g/mol. The van der Waals surface area contributed by atoms with Crippen molar-refractivity contribution in [3.8, 4) is 0 Å². The summed E-state index contributed by atoms with van der Waals surface area (Å²) < 4.78 is 0. The Balaban J connectivity index is 2.52. The summed E-state index contributed by atoms with van der Waals surface area (Å²) in [5.74, 6) is -1.03. The molecule has 2 amide bonds. The minimum atomic E-state index is -1.03. The molecule has 0 aliphatic heterocycles. The van der Waals surface area contributed by atoms with Crippen molar-refractivity contribution in [2.75, 3.05) is 27.7 Å². The van der Waals surface area contributed by atoms with Crippen LogP contribution in [0.1, 0.15) is 26.2 Å². The number of hydrogen-bond donors (Lipinski definition) is 2. The van der Waals surface area contributed by atoms with Crippen LogP contribution in [0.3, 0.4) is 0 Å². The average molecular weight is 257 g/mol. The van der Waals surface area contributed by atoms with Gasteiger partial charge in [-0.25, -0.2) is 4.79 Å². The Bertz CT molecular complexity index is 327. The van der Waals surface area contributed by atoms with Gasteiger partial charge in [0.15, 0.2) is 0 Å². The summed E-state index contributed by atoms with van der Waals surface area (Å²) >= 11 is 0. The van der Waals surface area contributed by atoms with E-state index in [0.717, 1.165) is 12.8 Å². The van der Waals surface area contributed by atoms with Crippen molar-refractivity contribution in [3.63, 3.8) is 0 Å². The van der Waals surface area contributed by atoms with Crippen LogP contribution in [0.5, 0.6) is 0 Å².